The average Bonchev–Trinajstić information content (AvgIpc) is 3.84. The number of aromatic amines is 1. The van der Waals surface area contributed by atoms with Gasteiger partial charge in [0.15, 0.2) is 17.4 Å². The van der Waals surface area contributed by atoms with Crippen LogP contribution in [0.2, 0.25) is 0 Å². The van der Waals surface area contributed by atoms with Crippen molar-refractivity contribution in [1.29, 1.82) is 0 Å². The summed E-state index contributed by atoms with van der Waals surface area (Å²) >= 11 is 0. The fraction of sp³-hybridized carbons (Fsp3) is 0.362. The number of hydrogen-bond acceptors (Lipinski definition) is 13. The van der Waals surface area contributed by atoms with Gasteiger partial charge < -0.3 is 33.9 Å². The molecule has 0 spiro atoms. The van der Waals surface area contributed by atoms with Crippen LogP contribution < -0.4 is 25.2 Å². The minimum Gasteiger partial charge on any atom is -0.497 e. The number of carbonyl (C=O) groups excluding carboxylic acids is 1. The maximum absolute atomic E-state index is 17.4. The van der Waals surface area contributed by atoms with Gasteiger partial charge in [0.25, 0.3) is 11.4 Å². The Hall–Kier alpha value is -5.94. The van der Waals surface area contributed by atoms with Gasteiger partial charge in [-0.05, 0) is 80.5 Å². The van der Waals surface area contributed by atoms with Crippen molar-refractivity contribution in [3.63, 3.8) is 0 Å². The molecule has 2 aromatic heterocycles. The number of rotatable bonds is 17. The molecule has 6 aromatic rings. The van der Waals surface area contributed by atoms with Crippen LogP contribution in [0.5, 0.6) is 11.5 Å². The van der Waals surface area contributed by atoms with Gasteiger partial charge in [-0.2, -0.15) is 10.1 Å². The summed E-state index contributed by atoms with van der Waals surface area (Å²) in [5.74, 6) is -3.06. The zero-order chi connectivity index (χ0) is 45.8. The molecule has 6 atom stereocenters. The van der Waals surface area contributed by atoms with Gasteiger partial charge in [-0.1, -0.05) is 97.4 Å². The lowest BCUT2D eigenvalue weighted by Gasteiger charge is -2.37. The second-order valence-corrected chi connectivity index (χ2v) is 18.0. The topological polar surface area (TPSA) is 197 Å². The lowest BCUT2D eigenvalue weighted by molar-refractivity contribution is -0.202. The third kappa shape index (κ3) is 9.17. The first-order valence-electron chi connectivity index (χ1n) is 21.4. The normalized spacial score (nSPS) is 22.8. The predicted octanol–water partition coefficient (Wildman–Crippen LogP) is 7.55. The highest BCUT2D eigenvalue weighted by Gasteiger charge is 2.65. The van der Waals surface area contributed by atoms with Crippen LogP contribution in [0.3, 0.4) is 0 Å². The number of aromatic nitrogens is 4. The Morgan fingerprint density at radius 3 is 2.14 bits per heavy atom. The zero-order valence-corrected chi connectivity index (χ0v) is 37.3. The number of para-hydroxylation sites is 1. The minimum atomic E-state index is -4.62. The molecule has 2 fully saturated rings. The van der Waals surface area contributed by atoms with Crippen molar-refractivity contribution in [1.82, 2.24) is 24.6 Å². The number of aliphatic hydroxyl groups excluding tert-OH is 1. The number of hydrogen-bond donors (Lipinski definition) is 4. The molecule has 1 aliphatic heterocycles. The minimum absolute atomic E-state index is 0.0153. The summed E-state index contributed by atoms with van der Waals surface area (Å²) in [4.78, 5) is 39.1. The van der Waals surface area contributed by atoms with Gasteiger partial charge in [-0.15, -0.1) is 0 Å². The highest BCUT2D eigenvalue weighted by Crippen LogP contribution is 2.52. The van der Waals surface area contributed by atoms with Gasteiger partial charge >= 0.3 is 13.7 Å². The van der Waals surface area contributed by atoms with Crippen molar-refractivity contribution in [2.45, 2.75) is 87.4 Å². The van der Waals surface area contributed by atoms with Crippen LogP contribution in [0.4, 0.5) is 10.3 Å². The quantitative estimate of drug-likeness (QED) is 0.0398. The van der Waals surface area contributed by atoms with E-state index < -0.39 is 61.3 Å². The van der Waals surface area contributed by atoms with Crippen LogP contribution in [0.25, 0.3) is 11.2 Å². The lowest BCUT2D eigenvalue weighted by atomic mass is 9.77. The highest BCUT2D eigenvalue weighted by molar-refractivity contribution is 7.52. The molecule has 1 unspecified atom stereocenters. The Balaban J connectivity index is 1.13. The molecule has 4 aromatic carbocycles. The third-order valence-electron chi connectivity index (χ3n) is 12.1. The molecule has 0 amide bonds. The maximum Gasteiger partial charge on any atom is 0.459 e. The number of benzene rings is 4. The van der Waals surface area contributed by atoms with E-state index in [9.17, 15) is 19.3 Å². The van der Waals surface area contributed by atoms with Crippen LogP contribution in [0.1, 0.15) is 68.9 Å². The van der Waals surface area contributed by atoms with Crippen LogP contribution in [0, 0.1) is 0 Å². The summed E-state index contributed by atoms with van der Waals surface area (Å²) in [7, 11) is -1.79. The van der Waals surface area contributed by atoms with E-state index in [1.807, 2.05) is 84.9 Å². The number of esters is 1. The standard InChI is InChI=1S/C47H52FN6O10P/c1-31(41(56)62-36-21-13-7-14-22-36)53-65(58,64-37-23-15-8-16-24-37)61-29-46(48)42(57)45(2,60-4)43(63-46)54-30-49-38-39(54)50-44(51-40(38)55)52-47(32-17-9-5-10-18-32,33-19-11-6-12-20-33)34-25-27-35(59-3)28-26-34/h5-6,8-12,15-20,23-28,30-31,36,42-43,57H,7,13-14,21-22,29H2,1-4H3,(H,53,58)(H2,50,51,52,55)/t31-,42-,43+,45+,46+,65?/m0/s1. The molecule has 0 bridgehead atoms. The molecule has 8 rings (SSSR count). The first kappa shape index (κ1) is 45.6. The predicted molar refractivity (Wildman–Crippen MR) is 239 cm³/mol. The number of halogens is 1. The Morgan fingerprint density at radius 1 is 0.938 bits per heavy atom. The van der Waals surface area contributed by atoms with Crippen molar-refractivity contribution in [2.24, 2.45) is 0 Å². The van der Waals surface area contributed by atoms with Crippen LogP contribution in [-0.4, -0.2) is 81.1 Å². The number of H-pyrrole nitrogens is 1. The monoisotopic (exact) mass is 910 g/mol. The number of aliphatic hydroxyl groups is 1. The van der Waals surface area contributed by atoms with Gasteiger partial charge in [0.1, 0.15) is 47.5 Å². The lowest BCUT2D eigenvalue weighted by Crippen LogP contribution is -2.50. The molecule has 0 radical (unpaired) electrons. The third-order valence-corrected chi connectivity index (χ3v) is 13.7. The molecule has 1 saturated carbocycles. The number of alkyl halides is 1. The number of methoxy groups -OCH3 is 2. The number of nitrogens with zero attached hydrogens (tertiary/aromatic N) is 3. The van der Waals surface area contributed by atoms with Gasteiger partial charge in [-0.3, -0.25) is 23.7 Å². The van der Waals surface area contributed by atoms with Gasteiger partial charge in [-0.25, -0.2) is 13.9 Å². The van der Waals surface area contributed by atoms with E-state index in [0.29, 0.717) is 18.6 Å². The molecule has 18 heteroatoms. The first-order valence-corrected chi connectivity index (χ1v) is 22.9. The molecule has 1 aliphatic carbocycles. The molecule has 4 N–H and O–H groups in total. The summed E-state index contributed by atoms with van der Waals surface area (Å²) < 4.78 is 67.6. The average molecular weight is 911 g/mol. The van der Waals surface area contributed by atoms with E-state index in [1.165, 1.54) is 44.0 Å². The number of ether oxygens (including phenoxy) is 4. The molecule has 3 heterocycles. The smallest absolute Gasteiger partial charge is 0.459 e. The molecule has 2 aliphatic rings. The maximum atomic E-state index is 17.4. The summed E-state index contributed by atoms with van der Waals surface area (Å²) in [5, 5.41) is 17.9. The SMILES string of the molecule is COc1ccc(C(Nc2nc3c(ncn3[C@@H]3O[C@](F)(COP(=O)(N[C@@H](C)C(=O)OC4CCCCC4)Oc4ccccc4)[C@@H](O)[C@@]3(C)OC)c(=O)[nH]2)(c2ccccc2)c2ccccc2)cc1. The van der Waals surface area contributed by atoms with Gasteiger partial charge in [0.2, 0.25) is 5.95 Å². The molecular weight excluding hydrogens is 859 g/mol. The number of carbonyl (C=O) groups is 1. The van der Waals surface area contributed by atoms with Crippen LogP contribution in [0.15, 0.2) is 126 Å². The van der Waals surface area contributed by atoms with Crippen molar-refractivity contribution >= 4 is 30.8 Å². The highest BCUT2D eigenvalue weighted by atomic mass is 31.2. The molecule has 65 heavy (non-hydrogen) atoms. The second kappa shape index (κ2) is 18.9. The number of fused-ring (bicyclic) bond motifs is 1. The van der Waals surface area contributed by atoms with Crippen LogP contribution in [-0.2, 0) is 33.6 Å². The zero-order valence-electron chi connectivity index (χ0n) is 36.4. The first-order chi connectivity index (χ1) is 31.3. The second-order valence-electron chi connectivity index (χ2n) is 16.3. The van der Waals surface area contributed by atoms with Gasteiger partial charge in [0.05, 0.1) is 13.4 Å². The van der Waals surface area contributed by atoms with Gasteiger partial charge in [0, 0.05) is 7.11 Å². The Morgan fingerprint density at radius 2 is 1.54 bits per heavy atom. The van der Waals surface area contributed by atoms with E-state index in [1.54, 1.807) is 25.3 Å². The number of anilines is 1. The Kier molecular flexibility index (Phi) is 13.3. The van der Waals surface area contributed by atoms with Crippen molar-refractivity contribution < 1.29 is 46.9 Å². The fourth-order valence-corrected chi connectivity index (χ4v) is 9.98. The van der Waals surface area contributed by atoms with Crippen molar-refractivity contribution in [3.05, 3.63) is 149 Å². The van der Waals surface area contributed by atoms with E-state index >= 15 is 4.39 Å². The number of nitrogens with one attached hydrogen (secondary N) is 3. The van der Waals surface area contributed by atoms with E-state index in [0.717, 1.165) is 36.0 Å². The van der Waals surface area contributed by atoms with E-state index in [-0.39, 0.29) is 29.0 Å². The summed E-state index contributed by atoms with van der Waals surface area (Å²) in [6.45, 7) is 1.67. The molecule has 1 saturated heterocycles. The summed E-state index contributed by atoms with van der Waals surface area (Å²) in [5.41, 5.74) is -1.44. The van der Waals surface area contributed by atoms with Crippen molar-refractivity contribution in [2.75, 3.05) is 26.1 Å². The fourth-order valence-electron chi connectivity index (χ4n) is 8.48. The summed E-state index contributed by atoms with van der Waals surface area (Å²) in [6, 6.07) is 33.5. The van der Waals surface area contributed by atoms with E-state index in [2.05, 4.69) is 20.4 Å². The van der Waals surface area contributed by atoms with Crippen molar-refractivity contribution in [3.8, 4) is 11.5 Å². The molecular formula is C47H52FN6O10P. The summed E-state index contributed by atoms with van der Waals surface area (Å²) in [6.07, 6.45) is 1.64. The Bertz CT molecular complexity index is 2630. The molecule has 342 valence electrons. The van der Waals surface area contributed by atoms with E-state index in [4.69, 9.17) is 33.0 Å². The molecule has 16 nitrogen and oxygen atoms in total. The number of imidazole rings is 1. The van der Waals surface area contributed by atoms with Crippen LogP contribution >= 0.6 is 7.75 Å². The largest absolute Gasteiger partial charge is 0.497 e. The Labute approximate surface area is 375 Å².